The average Bonchev–Trinajstić information content (AvgIpc) is 2.99. The molecule has 1 atom stereocenters. The van der Waals surface area contributed by atoms with Crippen molar-refractivity contribution >= 4 is 11.8 Å². The highest BCUT2D eigenvalue weighted by Gasteiger charge is 2.29. The van der Waals surface area contributed by atoms with Crippen LogP contribution < -0.4 is 5.73 Å². The molecule has 2 aromatic heterocycles. The maximum atomic E-state index is 13.0. The molecule has 0 saturated heterocycles. The second-order valence-electron chi connectivity index (χ2n) is 8.11. The number of nitrogens with zero attached hydrogens (tertiary/aromatic N) is 4. The molecule has 0 radical (unpaired) electrons. The van der Waals surface area contributed by atoms with Gasteiger partial charge in [-0.05, 0) is 39.3 Å². The van der Waals surface area contributed by atoms with Gasteiger partial charge in [0.05, 0.1) is 23.3 Å². The minimum absolute atomic E-state index is 0.330. The van der Waals surface area contributed by atoms with Crippen molar-refractivity contribution in [1.29, 1.82) is 0 Å². The summed E-state index contributed by atoms with van der Waals surface area (Å²) in [5, 5.41) is 4.19. The van der Waals surface area contributed by atoms with Crippen LogP contribution in [0.25, 0.3) is 11.3 Å². The molecular formula is C22H33N5O2. The fourth-order valence-corrected chi connectivity index (χ4v) is 3.16. The Bertz CT molecular complexity index is 818. The van der Waals surface area contributed by atoms with E-state index >= 15 is 0 Å². The number of aromatic nitrogens is 3. The van der Waals surface area contributed by atoms with Gasteiger partial charge in [0.15, 0.2) is 0 Å². The summed E-state index contributed by atoms with van der Waals surface area (Å²) in [6.07, 6.45) is 6.57. The number of hydrogen-bond acceptors (Lipinski definition) is 5. The first-order valence-corrected chi connectivity index (χ1v) is 10.0. The molecule has 29 heavy (non-hydrogen) atoms. The normalized spacial score (nSPS) is 12.4. The first-order chi connectivity index (χ1) is 13.7. The van der Waals surface area contributed by atoms with E-state index in [1.54, 1.807) is 28.1 Å². The van der Waals surface area contributed by atoms with E-state index in [0.29, 0.717) is 24.3 Å². The van der Waals surface area contributed by atoms with Crippen molar-refractivity contribution in [1.82, 2.24) is 19.7 Å². The first-order valence-electron chi connectivity index (χ1n) is 10.0. The van der Waals surface area contributed by atoms with Crippen molar-refractivity contribution in [3.05, 3.63) is 42.9 Å². The van der Waals surface area contributed by atoms with Crippen molar-refractivity contribution in [2.24, 2.45) is 7.05 Å². The molecule has 2 N–H and O–H groups in total. The van der Waals surface area contributed by atoms with Gasteiger partial charge in [0, 0.05) is 37.3 Å². The molecule has 0 bridgehead atoms. The average molecular weight is 400 g/mol. The smallest absolute Gasteiger partial charge is 0.410 e. The number of carbonyl (C=O) groups is 1. The zero-order valence-electron chi connectivity index (χ0n) is 18.2. The number of ether oxygens (including phenoxy) is 1. The number of pyridine rings is 1. The van der Waals surface area contributed by atoms with Crippen LogP contribution in [0.5, 0.6) is 0 Å². The summed E-state index contributed by atoms with van der Waals surface area (Å²) < 4.78 is 7.61. The van der Waals surface area contributed by atoms with Crippen LogP contribution >= 0.6 is 0 Å². The summed E-state index contributed by atoms with van der Waals surface area (Å²) in [5.41, 5.74) is 8.64. The number of hydrogen-bond donors (Lipinski definition) is 1. The third kappa shape index (κ3) is 5.59. The fraction of sp³-hybridized carbons (Fsp3) is 0.500. The minimum atomic E-state index is -0.527. The first kappa shape index (κ1) is 22.5. The summed E-state index contributed by atoms with van der Waals surface area (Å²) in [6, 6.07) is 3.76. The molecule has 0 unspecified atom stereocenters. The fourth-order valence-electron chi connectivity index (χ4n) is 3.16. The van der Waals surface area contributed by atoms with Crippen LogP contribution in [0.4, 0.5) is 10.5 Å². The second-order valence-corrected chi connectivity index (χ2v) is 8.11. The molecule has 158 valence electrons. The van der Waals surface area contributed by atoms with Gasteiger partial charge in [-0.25, -0.2) is 4.79 Å². The van der Waals surface area contributed by atoms with Gasteiger partial charge in [-0.2, -0.15) is 5.10 Å². The molecule has 7 heteroatoms. The lowest BCUT2D eigenvalue weighted by Crippen LogP contribution is -2.46. The van der Waals surface area contributed by atoms with E-state index in [2.05, 4.69) is 23.6 Å². The number of nitrogen functional groups attached to an aromatic ring is 1. The van der Waals surface area contributed by atoms with Crippen LogP contribution in [0.1, 0.15) is 58.8 Å². The Balaban J connectivity index is 2.30. The second kappa shape index (κ2) is 9.58. The third-order valence-corrected chi connectivity index (χ3v) is 4.74. The summed E-state index contributed by atoms with van der Waals surface area (Å²) in [7, 11) is 1.84. The molecule has 0 aliphatic carbocycles. The molecule has 0 spiro atoms. The van der Waals surface area contributed by atoms with Crippen molar-refractivity contribution in [3.8, 4) is 11.3 Å². The topological polar surface area (TPSA) is 86.3 Å². The van der Waals surface area contributed by atoms with Crippen LogP contribution in [0.3, 0.4) is 0 Å². The van der Waals surface area contributed by atoms with Crippen LogP contribution in [0.15, 0.2) is 37.2 Å². The van der Waals surface area contributed by atoms with E-state index in [4.69, 9.17) is 10.5 Å². The number of nitrogens with two attached hydrogens (primary N) is 1. The zero-order valence-corrected chi connectivity index (χ0v) is 18.2. The predicted molar refractivity (Wildman–Crippen MR) is 116 cm³/mol. The molecule has 0 fully saturated rings. The maximum Gasteiger partial charge on any atom is 0.410 e. The van der Waals surface area contributed by atoms with Crippen molar-refractivity contribution in [2.45, 2.75) is 58.6 Å². The SMILES string of the molecule is C=CC[C@H](OC(=O)N(CCCC)C(C)(C)C)c1cc(-c2c(N)cnn2C)ccn1. The van der Waals surface area contributed by atoms with Crippen LogP contribution in [-0.4, -0.2) is 37.8 Å². The van der Waals surface area contributed by atoms with Gasteiger partial charge in [0.25, 0.3) is 0 Å². The van der Waals surface area contributed by atoms with E-state index in [9.17, 15) is 4.79 Å². The van der Waals surface area contributed by atoms with Gasteiger partial charge in [-0.1, -0.05) is 19.4 Å². The Labute approximate surface area is 173 Å². The Kier molecular flexibility index (Phi) is 7.42. The van der Waals surface area contributed by atoms with E-state index in [1.165, 1.54) is 0 Å². The standard InChI is InChI=1S/C22H33N5O2/c1-7-9-13-27(22(3,4)5)21(28)29-19(10-8-2)18-14-16(11-12-24-18)20-17(23)15-25-26(20)6/h8,11-12,14-15,19H,2,7,9-10,13,23H2,1,3-6H3/t19-/m0/s1. The molecule has 1 amide bonds. The molecule has 2 rings (SSSR count). The third-order valence-electron chi connectivity index (χ3n) is 4.74. The van der Waals surface area contributed by atoms with Gasteiger partial charge in [0.2, 0.25) is 0 Å². The lowest BCUT2D eigenvalue weighted by atomic mass is 10.1. The highest BCUT2D eigenvalue weighted by Crippen LogP contribution is 2.29. The number of aryl methyl sites for hydroxylation is 1. The number of unbranched alkanes of at least 4 members (excludes halogenated alkanes) is 1. The van der Waals surface area contributed by atoms with Crippen LogP contribution in [-0.2, 0) is 11.8 Å². The molecule has 0 aromatic carbocycles. The van der Waals surface area contributed by atoms with Crippen LogP contribution in [0, 0.1) is 0 Å². The summed E-state index contributed by atoms with van der Waals surface area (Å²) in [6.45, 7) is 12.6. The van der Waals surface area contributed by atoms with E-state index < -0.39 is 6.10 Å². The Hall–Kier alpha value is -2.83. The molecule has 7 nitrogen and oxygen atoms in total. The summed E-state index contributed by atoms with van der Waals surface area (Å²) in [4.78, 5) is 19.2. The van der Waals surface area contributed by atoms with Gasteiger partial charge in [-0.15, -0.1) is 6.58 Å². The van der Waals surface area contributed by atoms with Crippen LogP contribution in [0.2, 0.25) is 0 Å². The van der Waals surface area contributed by atoms with Gasteiger partial charge >= 0.3 is 6.09 Å². The van der Waals surface area contributed by atoms with E-state index in [1.807, 2.05) is 40.0 Å². The Morgan fingerprint density at radius 2 is 2.17 bits per heavy atom. The van der Waals surface area contributed by atoms with Gasteiger partial charge in [0.1, 0.15) is 6.10 Å². The van der Waals surface area contributed by atoms with E-state index in [0.717, 1.165) is 24.1 Å². The molecule has 2 aromatic rings. The number of rotatable bonds is 8. The lowest BCUT2D eigenvalue weighted by molar-refractivity contribution is 0.0355. The quantitative estimate of drug-likeness (QED) is 0.649. The summed E-state index contributed by atoms with van der Waals surface area (Å²) >= 11 is 0. The minimum Gasteiger partial charge on any atom is -0.439 e. The van der Waals surface area contributed by atoms with Gasteiger partial charge < -0.3 is 15.4 Å². The molecule has 2 heterocycles. The Morgan fingerprint density at radius 3 is 2.72 bits per heavy atom. The highest BCUT2D eigenvalue weighted by atomic mass is 16.6. The highest BCUT2D eigenvalue weighted by molar-refractivity contribution is 5.73. The zero-order chi connectivity index (χ0) is 21.6. The largest absolute Gasteiger partial charge is 0.439 e. The number of amides is 1. The van der Waals surface area contributed by atoms with Crippen molar-refractivity contribution in [3.63, 3.8) is 0 Å². The Morgan fingerprint density at radius 1 is 1.45 bits per heavy atom. The summed E-state index contributed by atoms with van der Waals surface area (Å²) in [5.74, 6) is 0. The van der Waals surface area contributed by atoms with Gasteiger partial charge in [-0.3, -0.25) is 9.67 Å². The molecule has 0 saturated carbocycles. The van der Waals surface area contributed by atoms with Crippen molar-refractivity contribution < 1.29 is 9.53 Å². The number of anilines is 1. The molecular weight excluding hydrogens is 366 g/mol. The monoisotopic (exact) mass is 399 g/mol. The maximum absolute atomic E-state index is 13.0. The molecule has 0 aliphatic rings. The van der Waals surface area contributed by atoms with E-state index in [-0.39, 0.29) is 11.6 Å². The predicted octanol–water partition coefficient (Wildman–Crippen LogP) is 4.72. The number of carbonyl (C=O) groups excluding carboxylic acids is 1. The molecule has 0 aliphatic heterocycles. The lowest BCUT2D eigenvalue weighted by Gasteiger charge is -2.35. The van der Waals surface area contributed by atoms with Crippen molar-refractivity contribution in [2.75, 3.05) is 12.3 Å².